The first-order chi connectivity index (χ1) is 17.1. The second-order valence-corrected chi connectivity index (χ2v) is 8.94. The summed E-state index contributed by atoms with van der Waals surface area (Å²) in [5.74, 6) is -0.591. The van der Waals surface area contributed by atoms with E-state index in [9.17, 15) is 18.0 Å². The number of esters is 1. The molecule has 0 aromatic heterocycles. The topological polar surface area (TPSA) is 68.9 Å². The number of carbonyl (C=O) groups excluding carboxylic acids is 1. The minimum Gasteiger partial charge on any atom is -0.461 e. The van der Waals surface area contributed by atoms with Crippen LogP contribution in [0.15, 0.2) is 64.8 Å². The zero-order chi connectivity index (χ0) is 26.5. The fraction of sp³-hybridized carbons (Fsp3) is 0.346. The third kappa shape index (κ3) is 6.09. The standard InChI is InChI=1S/C26H27F3N4O2S/c1-5-32(3)13-14-35-24(34)22-17(2)33(21-8-6-7-20(15-21)26(27,28)29)25(36-4)31-23(22)19-11-9-18(16-30)10-12-19/h6-12,15,23H,5,13-14H2,1-4H3. The van der Waals surface area contributed by atoms with Gasteiger partial charge >= 0.3 is 12.1 Å². The first-order valence-electron chi connectivity index (χ1n) is 11.3. The van der Waals surface area contributed by atoms with E-state index in [0.29, 0.717) is 28.5 Å². The van der Waals surface area contributed by atoms with Crippen LogP contribution in [0.3, 0.4) is 0 Å². The maximum atomic E-state index is 13.4. The first kappa shape index (κ1) is 27.3. The van der Waals surface area contributed by atoms with Crippen molar-refractivity contribution in [3.8, 4) is 6.07 Å². The molecule has 36 heavy (non-hydrogen) atoms. The quantitative estimate of drug-likeness (QED) is 0.445. The van der Waals surface area contributed by atoms with Gasteiger partial charge in [0.15, 0.2) is 5.17 Å². The minimum absolute atomic E-state index is 0.155. The molecule has 0 amide bonds. The van der Waals surface area contributed by atoms with E-state index in [-0.39, 0.29) is 17.9 Å². The van der Waals surface area contributed by atoms with Crippen LogP contribution in [0.1, 0.15) is 36.6 Å². The molecule has 1 aliphatic rings. The molecule has 1 unspecified atom stereocenters. The van der Waals surface area contributed by atoms with Gasteiger partial charge in [-0.15, -0.1) is 0 Å². The number of likely N-dealkylation sites (N-methyl/N-ethyl adjacent to an activating group) is 1. The largest absolute Gasteiger partial charge is 0.461 e. The Kier molecular flexibility index (Phi) is 8.82. The van der Waals surface area contributed by atoms with Crippen LogP contribution in [-0.2, 0) is 15.7 Å². The Labute approximate surface area is 213 Å². The molecule has 0 N–H and O–H groups in total. The number of thioether (sulfide) groups is 1. The molecule has 190 valence electrons. The summed E-state index contributed by atoms with van der Waals surface area (Å²) >= 11 is 1.26. The summed E-state index contributed by atoms with van der Waals surface area (Å²) in [6.45, 7) is 5.14. The van der Waals surface area contributed by atoms with Gasteiger partial charge < -0.3 is 9.64 Å². The Hall–Kier alpha value is -3.29. The Morgan fingerprint density at radius 1 is 1.25 bits per heavy atom. The van der Waals surface area contributed by atoms with Crippen molar-refractivity contribution in [2.24, 2.45) is 4.99 Å². The highest BCUT2D eigenvalue weighted by atomic mass is 32.2. The number of nitrogens with zero attached hydrogens (tertiary/aromatic N) is 4. The molecule has 0 aliphatic carbocycles. The molecule has 6 nitrogen and oxygen atoms in total. The third-order valence-electron chi connectivity index (χ3n) is 5.87. The van der Waals surface area contributed by atoms with Crippen molar-refractivity contribution in [1.82, 2.24) is 4.90 Å². The fourth-order valence-corrected chi connectivity index (χ4v) is 4.37. The van der Waals surface area contributed by atoms with Gasteiger partial charge in [0.05, 0.1) is 22.8 Å². The lowest BCUT2D eigenvalue weighted by Gasteiger charge is -2.34. The molecule has 0 spiro atoms. The Balaban J connectivity index is 2.10. The van der Waals surface area contributed by atoms with Crippen molar-refractivity contribution in [3.63, 3.8) is 0 Å². The molecular formula is C26H27F3N4O2S. The van der Waals surface area contributed by atoms with Crippen molar-refractivity contribution in [1.29, 1.82) is 5.26 Å². The first-order valence-corrected chi connectivity index (χ1v) is 12.5. The average Bonchev–Trinajstić information content (AvgIpc) is 2.87. The Bertz CT molecular complexity index is 1200. The number of ether oxygens (including phenoxy) is 1. The number of halogens is 3. The highest BCUT2D eigenvalue weighted by molar-refractivity contribution is 8.13. The van der Waals surface area contributed by atoms with E-state index in [1.807, 2.05) is 18.9 Å². The number of amidine groups is 1. The summed E-state index contributed by atoms with van der Waals surface area (Å²) in [5, 5.41) is 9.58. The molecule has 2 aromatic carbocycles. The van der Waals surface area contributed by atoms with Crippen LogP contribution in [0.4, 0.5) is 18.9 Å². The van der Waals surface area contributed by atoms with E-state index < -0.39 is 23.8 Å². The van der Waals surface area contributed by atoms with Gasteiger partial charge in [0, 0.05) is 17.9 Å². The number of rotatable bonds is 7. The number of aliphatic imine (C=N–C) groups is 1. The minimum atomic E-state index is -4.52. The lowest BCUT2D eigenvalue weighted by molar-refractivity contribution is -0.140. The van der Waals surface area contributed by atoms with Gasteiger partial charge in [-0.2, -0.15) is 18.4 Å². The fourth-order valence-electron chi connectivity index (χ4n) is 3.73. The Morgan fingerprint density at radius 2 is 1.94 bits per heavy atom. The molecule has 0 radical (unpaired) electrons. The van der Waals surface area contributed by atoms with Crippen molar-refractivity contribution >= 4 is 28.6 Å². The highest BCUT2D eigenvalue weighted by Gasteiger charge is 2.36. The summed E-state index contributed by atoms with van der Waals surface area (Å²) < 4.78 is 45.9. The second kappa shape index (κ2) is 11.6. The molecule has 2 aromatic rings. The van der Waals surface area contributed by atoms with Crippen LogP contribution in [0.25, 0.3) is 0 Å². The van der Waals surface area contributed by atoms with Crippen molar-refractivity contribution < 1.29 is 22.7 Å². The summed E-state index contributed by atoms with van der Waals surface area (Å²) in [4.78, 5) is 21.7. The van der Waals surface area contributed by atoms with E-state index in [0.717, 1.165) is 18.7 Å². The summed E-state index contributed by atoms with van der Waals surface area (Å²) in [5.41, 5.74) is 1.23. The SMILES string of the molecule is CCN(C)CCOC(=O)C1=C(C)N(c2cccc(C(F)(F)F)c2)C(SC)=NC1c1ccc(C#N)cc1. The molecule has 1 aliphatic heterocycles. The highest BCUT2D eigenvalue weighted by Crippen LogP contribution is 2.40. The predicted octanol–water partition coefficient (Wildman–Crippen LogP) is 5.63. The van der Waals surface area contributed by atoms with E-state index >= 15 is 0 Å². The molecular weight excluding hydrogens is 489 g/mol. The number of alkyl halides is 3. The summed E-state index contributed by atoms with van der Waals surface area (Å²) in [6, 6.07) is 12.9. The van der Waals surface area contributed by atoms with Crippen LogP contribution >= 0.6 is 11.8 Å². The number of anilines is 1. The zero-order valence-electron chi connectivity index (χ0n) is 20.5. The zero-order valence-corrected chi connectivity index (χ0v) is 21.3. The van der Waals surface area contributed by atoms with Crippen molar-refractivity contribution in [2.75, 3.05) is 37.9 Å². The molecule has 1 atom stereocenters. The maximum absolute atomic E-state index is 13.4. The van der Waals surface area contributed by atoms with E-state index in [1.165, 1.54) is 17.8 Å². The Morgan fingerprint density at radius 3 is 2.53 bits per heavy atom. The second-order valence-electron chi connectivity index (χ2n) is 8.17. The lowest BCUT2D eigenvalue weighted by Crippen LogP contribution is -2.35. The predicted molar refractivity (Wildman–Crippen MR) is 136 cm³/mol. The molecule has 0 bridgehead atoms. The van der Waals surface area contributed by atoms with E-state index in [1.54, 1.807) is 48.4 Å². The maximum Gasteiger partial charge on any atom is 0.416 e. The van der Waals surface area contributed by atoms with Gasteiger partial charge in [-0.25, -0.2) is 9.79 Å². The number of hydrogen-bond donors (Lipinski definition) is 0. The third-order valence-corrected chi connectivity index (χ3v) is 6.52. The van der Waals surface area contributed by atoms with Crippen LogP contribution in [-0.4, -0.2) is 49.0 Å². The summed E-state index contributed by atoms with van der Waals surface area (Å²) in [6.07, 6.45) is -2.75. The van der Waals surface area contributed by atoms with Gasteiger partial charge in [0.1, 0.15) is 12.6 Å². The van der Waals surface area contributed by atoms with Gasteiger partial charge in [-0.3, -0.25) is 4.90 Å². The van der Waals surface area contributed by atoms with E-state index in [2.05, 4.69) is 6.07 Å². The van der Waals surface area contributed by atoms with E-state index in [4.69, 9.17) is 15.0 Å². The smallest absolute Gasteiger partial charge is 0.416 e. The van der Waals surface area contributed by atoms with Crippen LogP contribution in [0, 0.1) is 11.3 Å². The lowest BCUT2D eigenvalue weighted by atomic mass is 9.95. The average molecular weight is 517 g/mol. The van der Waals surface area contributed by atoms with Gasteiger partial charge in [0.2, 0.25) is 0 Å². The molecule has 0 saturated heterocycles. The summed E-state index contributed by atoms with van der Waals surface area (Å²) in [7, 11) is 1.91. The molecule has 10 heteroatoms. The molecule has 1 heterocycles. The van der Waals surface area contributed by atoms with Gasteiger partial charge in [-0.1, -0.05) is 36.9 Å². The molecule has 3 rings (SSSR count). The molecule has 0 fully saturated rings. The number of carbonyl (C=O) groups is 1. The van der Waals surface area contributed by atoms with Gasteiger partial charge in [-0.05, 0) is 62.7 Å². The monoisotopic (exact) mass is 516 g/mol. The number of hydrogen-bond acceptors (Lipinski definition) is 7. The van der Waals surface area contributed by atoms with Crippen LogP contribution in [0.2, 0.25) is 0 Å². The van der Waals surface area contributed by atoms with Gasteiger partial charge in [0.25, 0.3) is 0 Å². The number of benzene rings is 2. The number of allylic oxidation sites excluding steroid dienone is 1. The van der Waals surface area contributed by atoms with Crippen molar-refractivity contribution in [2.45, 2.75) is 26.1 Å². The van der Waals surface area contributed by atoms with Crippen LogP contribution in [0.5, 0.6) is 0 Å². The van der Waals surface area contributed by atoms with Crippen LogP contribution < -0.4 is 4.90 Å². The van der Waals surface area contributed by atoms with Crippen molar-refractivity contribution in [3.05, 3.63) is 76.5 Å². The molecule has 0 saturated carbocycles. The normalized spacial score (nSPS) is 16.1. The number of nitriles is 1.